The van der Waals surface area contributed by atoms with E-state index in [9.17, 15) is 4.79 Å². The molecule has 0 spiro atoms. The molecule has 0 N–H and O–H groups in total. The van der Waals surface area contributed by atoms with Gasteiger partial charge in [0.15, 0.2) is 5.78 Å². The van der Waals surface area contributed by atoms with Crippen LogP contribution in [-0.2, 0) is 0 Å². The summed E-state index contributed by atoms with van der Waals surface area (Å²) in [7, 11) is 3.21. The summed E-state index contributed by atoms with van der Waals surface area (Å²) in [5, 5.41) is 0. The van der Waals surface area contributed by atoms with E-state index >= 15 is 0 Å². The van der Waals surface area contributed by atoms with Gasteiger partial charge in [-0.3, -0.25) is 4.79 Å². The number of benzene rings is 2. The Kier molecular flexibility index (Phi) is 4.33. The highest BCUT2D eigenvalue weighted by Crippen LogP contribution is 2.31. The summed E-state index contributed by atoms with van der Waals surface area (Å²) in [4.78, 5) is 12.8. The molecule has 0 aromatic heterocycles. The Morgan fingerprint density at radius 3 is 2.39 bits per heavy atom. The van der Waals surface area contributed by atoms with Crippen LogP contribution in [0.15, 0.2) is 48.0 Å². The fourth-order valence-electron chi connectivity index (χ4n) is 2.54. The molecule has 0 saturated heterocycles. The minimum absolute atomic E-state index is 0.0211. The zero-order chi connectivity index (χ0) is 16.2. The van der Waals surface area contributed by atoms with Gasteiger partial charge in [-0.15, -0.1) is 0 Å². The van der Waals surface area contributed by atoms with Gasteiger partial charge in [-0.2, -0.15) is 0 Å². The van der Waals surface area contributed by atoms with Crippen LogP contribution in [0.5, 0.6) is 17.2 Å². The first-order chi connectivity index (χ1) is 11.2. The van der Waals surface area contributed by atoms with Gasteiger partial charge in [0.2, 0.25) is 0 Å². The molecular weight excluding hydrogens is 292 g/mol. The van der Waals surface area contributed by atoms with E-state index in [0.717, 1.165) is 16.9 Å². The van der Waals surface area contributed by atoms with Crippen LogP contribution in [0.25, 0.3) is 6.08 Å². The summed E-state index contributed by atoms with van der Waals surface area (Å²) in [6.07, 6.45) is 2.47. The third-order valence-electron chi connectivity index (χ3n) is 3.81. The van der Waals surface area contributed by atoms with Crippen molar-refractivity contribution in [2.24, 2.45) is 0 Å². The van der Waals surface area contributed by atoms with Crippen LogP contribution in [0.2, 0.25) is 0 Å². The fraction of sp³-hybridized carbons (Fsp3) is 0.211. The number of hydrogen-bond acceptors (Lipinski definition) is 4. The Balaban J connectivity index is 1.96. The van der Waals surface area contributed by atoms with E-state index in [1.54, 1.807) is 32.4 Å². The highest BCUT2D eigenvalue weighted by Gasteiger charge is 2.21. The summed E-state index contributed by atoms with van der Waals surface area (Å²) in [6.45, 7) is 0.479. The normalized spacial score (nSPS) is 15.6. The van der Waals surface area contributed by atoms with E-state index in [1.165, 1.54) is 0 Å². The van der Waals surface area contributed by atoms with Gasteiger partial charge in [-0.05, 0) is 42.0 Å². The average Bonchev–Trinajstić information content (AvgIpc) is 2.75. The van der Waals surface area contributed by atoms with Gasteiger partial charge >= 0.3 is 0 Å². The smallest absolute Gasteiger partial charge is 0.193 e. The molecule has 2 aromatic carbocycles. The maximum atomic E-state index is 12.8. The second-order valence-corrected chi connectivity index (χ2v) is 5.23. The summed E-state index contributed by atoms with van der Waals surface area (Å²) in [5.41, 5.74) is 2.23. The summed E-state index contributed by atoms with van der Waals surface area (Å²) < 4.78 is 16.0. The Hall–Kier alpha value is -2.75. The number of ether oxygens (including phenoxy) is 3. The number of carbonyl (C=O) groups excluding carboxylic acids is 1. The second kappa shape index (κ2) is 6.57. The second-order valence-electron chi connectivity index (χ2n) is 5.23. The lowest BCUT2D eigenvalue weighted by Gasteiger charge is -2.07. The molecule has 4 nitrogen and oxygen atoms in total. The van der Waals surface area contributed by atoms with Crippen molar-refractivity contribution in [2.75, 3.05) is 20.8 Å². The summed E-state index contributed by atoms with van der Waals surface area (Å²) >= 11 is 0. The first-order valence-corrected chi connectivity index (χ1v) is 7.41. The minimum Gasteiger partial charge on any atom is -0.497 e. The van der Waals surface area contributed by atoms with Crippen molar-refractivity contribution in [3.8, 4) is 17.2 Å². The molecule has 118 valence electrons. The van der Waals surface area contributed by atoms with E-state index < -0.39 is 0 Å². The molecule has 0 amide bonds. The monoisotopic (exact) mass is 310 g/mol. The van der Waals surface area contributed by atoms with Crippen molar-refractivity contribution in [2.45, 2.75) is 6.42 Å². The Bertz CT molecular complexity index is 744. The van der Waals surface area contributed by atoms with Gasteiger partial charge in [0.25, 0.3) is 0 Å². The van der Waals surface area contributed by atoms with E-state index in [0.29, 0.717) is 30.1 Å². The third-order valence-corrected chi connectivity index (χ3v) is 3.81. The molecule has 0 bridgehead atoms. The predicted molar refractivity (Wildman–Crippen MR) is 88.4 cm³/mol. The topological polar surface area (TPSA) is 44.8 Å². The quantitative estimate of drug-likeness (QED) is 0.810. The Morgan fingerprint density at radius 2 is 1.70 bits per heavy atom. The van der Waals surface area contributed by atoms with Gasteiger partial charge < -0.3 is 14.2 Å². The van der Waals surface area contributed by atoms with E-state index in [1.807, 2.05) is 30.3 Å². The maximum absolute atomic E-state index is 12.8. The lowest BCUT2D eigenvalue weighted by molar-refractivity contribution is 0.103. The van der Waals surface area contributed by atoms with Crippen molar-refractivity contribution >= 4 is 11.9 Å². The number of ketones is 1. The van der Waals surface area contributed by atoms with Crippen LogP contribution in [0.3, 0.4) is 0 Å². The van der Waals surface area contributed by atoms with Crippen molar-refractivity contribution in [1.82, 2.24) is 0 Å². The Morgan fingerprint density at radius 1 is 1.00 bits per heavy atom. The number of Topliss-reactive ketones (excluding diaryl/α,β-unsaturated/α-hetero) is 1. The molecule has 23 heavy (non-hydrogen) atoms. The largest absolute Gasteiger partial charge is 0.497 e. The number of carbonyl (C=O) groups is 1. The van der Waals surface area contributed by atoms with Crippen LogP contribution < -0.4 is 14.2 Å². The molecule has 0 saturated carbocycles. The van der Waals surface area contributed by atoms with Crippen molar-refractivity contribution in [3.05, 3.63) is 59.2 Å². The predicted octanol–water partition coefficient (Wildman–Crippen LogP) is 3.75. The standard InChI is InChI=1S/C19H18O4/c1-21-15-5-3-13(4-6-15)11-14-9-10-23-18-8-7-16(22-2)12-17(18)19(14)20/h3-8,11-12H,9-10H2,1-2H3/b14-11-. The number of hydrogen-bond donors (Lipinski definition) is 0. The lowest BCUT2D eigenvalue weighted by Crippen LogP contribution is -2.02. The van der Waals surface area contributed by atoms with Crippen LogP contribution in [0.1, 0.15) is 22.3 Å². The molecule has 0 aliphatic carbocycles. The third kappa shape index (κ3) is 3.21. The van der Waals surface area contributed by atoms with E-state index in [2.05, 4.69) is 0 Å². The van der Waals surface area contributed by atoms with Crippen molar-refractivity contribution in [3.63, 3.8) is 0 Å². The molecule has 4 heteroatoms. The summed E-state index contributed by atoms with van der Waals surface area (Å²) in [5.74, 6) is 2.02. The highest BCUT2D eigenvalue weighted by molar-refractivity contribution is 6.13. The van der Waals surface area contributed by atoms with Gasteiger partial charge in [0, 0.05) is 12.0 Å². The van der Waals surface area contributed by atoms with Crippen LogP contribution in [0, 0.1) is 0 Å². The molecule has 0 radical (unpaired) electrons. The Labute approximate surface area is 135 Å². The molecule has 3 rings (SSSR count). The zero-order valence-corrected chi connectivity index (χ0v) is 13.2. The SMILES string of the molecule is COc1ccc(/C=C2/CCOc3ccc(OC)cc3C2=O)cc1. The highest BCUT2D eigenvalue weighted by atomic mass is 16.5. The minimum atomic E-state index is -0.0211. The fourth-order valence-corrected chi connectivity index (χ4v) is 2.54. The molecule has 2 aromatic rings. The number of rotatable bonds is 3. The first-order valence-electron chi connectivity index (χ1n) is 7.41. The zero-order valence-electron chi connectivity index (χ0n) is 13.2. The van der Waals surface area contributed by atoms with E-state index in [4.69, 9.17) is 14.2 Å². The van der Waals surface area contributed by atoms with Crippen molar-refractivity contribution in [1.29, 1.82) is 0 Å². The van der Waals surface area contributed by atoms with Gasteiger partial charge in [0.1, 0.15) is 17.2 Å². The molecule has 1 aliphatic heterocycles. The lowest BCUT2D eigenvalue weighted by atomic mass is 9.99. The van der Waals surface area contributed by atoms with Crippen molar-refractivity contribution < 1.29 is 19.0 Å². The first kappa shape index (κ1) is 15.2. The molecule has 0 atom stereocenters. The summed E-state index contributed by atoms with van der Waals surface area (Å²) in [6, 6.07) is 12.9. The molecule has 1 aliphatic rings. The molecular formula is C19H18O4. The number of methoxy groups -OCH3 is 2. The van der Waals surface area contributed by atoms with Crippen LogP contribution in [-0.4, -0.2) is 26.6 Å². The number of fused-ring (bicyclic) bond motifs is 1. The van der Waals surface area contributed by atoms with Gasteiger partial charge in [-0.25, -0.2) is 0 Å². The van der Waals surface area contributed by atoms with Gasteiger partial charge in [-0.1, -0.05) is 12.1 Å². The molecule has 0 unspecified atom stereocenters. The molecule has 1 heterocycles. The van der Waals surface area contributed by atoms with E-state index in [-0.39, 0.29) is 5.78 Å². The van der Waals surface area contributed by atoms with Crippen LogP contribution in [0.4, 0.5) is 0 Å². The van der Waals surface area contributed by atoms with Gasteiger partial charge in [0.05, 0.1) is 26.4 Å². The molecule has 0 fully saturated rings. The average molecular weight is 310 g/mol. The maximum Gasteiger partial charge on any atom is 0.193 e. The van der Waals surface area contributed by atoms with Crippen LogP contribution >= 0.6 is 0 Å².